The van der Waals surface area contributed by atoms with Crippen LogP contribution >= 0.6 is 11.8 Å². The summed E-state index contributed by atoms with van der Waals surface area (Å²) in [6, 6.07) is 6.31. The number of ether oxygens (including phenoxy) is 1. The molecule has 2 heterocycles. The Morgan fingerprint density at radius 2 is 2.04 bits per heavy atom. The fourth-order valence-corrected chi connectivity index (χ4v) is 3.70. The highest BCUT2D eigenvalue weighted by Crippen LogP contribution is 2.30. The maximum Gasteiger partial charge on any atom is 0.233 e. The smallest absolute Gasteiger partial charge is 0.233 e. The molecule has 7 nitrogen and oxygen atoms in total. The van der Waals surface area contributed by atoms with Gasteiger partial charge in [0.2, 0.25) is 11.9 Å². The first-order valence-electron chi connectivity index (χ1n) is 9.44. The number of anilines is 1. The number of hydrogen-bond donors (Lipinski definition) is 1. The number of morpholine rings is 1. The predicted molar refractivity (Wildman–Crippen MR) is 108 cm³/mol. The molecule has 0 saturated carbocycles. The molecule has 1 amide bonds. The Bertz CT molecular complexity index is 807. The summed E-state index contributed by atoms with van der Waals surface area (Å²) in [7, 11) is 0. The Morgan fingerprint density at radius 3 is 2.71 bits per heavy atom. The summed E-state index contributed by atoms with van der Waals surface area (Å²) in [6.45, 7) is 9.13. The molecule has 0 aliphatic carbocycles. The van der Waals surface area contributed by atoms with Crippen LogP contribution in [-0.2, 0) is 9.53 Å². The Balaban J connectivity index is 1.88. The average Bonchev–Trinajstić information content (AvgIpc) is 3.10. The molecule has 0 spiro atoms. The number of carbonyl (C=O) groups is 1. The van der Waals surface area contributed by atoms with Crippen molar-refractivity contribution in [2.24, 2.45) is 5.92 Å². The van der Waals surface area contributed by atoms with E-state index in [0.717, 1.165) is 0 Å². The summed E-state index contributed by atoms with van der Waals surface area (Å²) < 4.78 is 21.1. The van der Waals surface area contributed by atoms with E-state index >= 15 is 0 Å². The zero-order chi connectivity index (χ0) is 20.1. The minimum atomic E-state index is -0.354. The summed E-state index contributed by atoms with van der Waals surface area (Å²) in [6.07, 6.45) is 0. The third kappa shape index (κ3) is 5.02. The molecule has 1 atom stereocenters. The molecule has 0 bridgehead atoms. The van der Waals surface area contributed by atoms with Crippen molar-refractivity contribution in [3.05, 3.63) is 30.1 Å². The van der Waals surface area contributed by atoms with Gasteiger partial charge in [0.15, 0.2) is 5.16 Å². The number of halogens is 1. The van der Waals surface area contributed by atoms with Crippen molar-refractivity contribution in [1.82, 2.24) is 20.1 Å². The zero-order valence-electron chi connectivity index (χ0n) is 16.4. The van der Waals surface area contributed by atoms with E-state index in [1.54, 1.807) is 6.07 Å². The van der Waals surface area contributed by atoms with Gasteiger partial charge in [-0.05, 0) is 31.0 Å². The largest absolute Gasteiger partial charge is 0.378 e. The van der Waals surface area contributed by atoms with E-state index in [1.807, 2.05) is 31.4 Å². The lowest BCUT2D eigenvalue weighted by Gasteiger charge is -2.28. The van der Waals surface area contributed by atoms with Crippen LogP contribution in [0.3, 0.4) is 0 Å². The number of amides is 1. The number of hydrogen-bond acceptors (Lipinski definition) is 6. The zero-order valence-corrected chi connectivity index (χ0v) is 17.2. The van der Waals surface area contributed by atoms with E-state index < -0.39 is 0 Å². The van der Waals surface area contributed by atoms with Crippen molar-refractivity contribution in [2.75, 3.05) is 37.7 Å². The molecule has 1 fully saturated rings. The van der Waals surface area contributed by atoms with Crippen molar-refractivity contribution in [2.45, 2.75) is 31.2 Å². The molecule has 3 rings (SSSR count). The molecule has 9 heteroatoms. The van der Waals surface area contributed by atoms with E-state index in [2.05, 4.69) is 20.4 Å². The van der Waals surface area contributed by atoms with Crippen LogP contribution in [0.15, 0.2) is 29.4 Å². The van der Waals surface area contributed by atoms with E-state index in [-0.39, 0.29) is 17.0 Å². The van der Waals surface area contributed by atoms with Gasteiger partial charge in [-0.1, -0.05) is 31.7 Å². The van der Waals surface area contributed by atoms with Gasteiger partial charge in [-0.2, -0.15) is 0 Å². The lowest BCUT2D eigenvalue weighted by molar-refractivity contribution is -0.120. The second-order valence-electron chi connectivity index (χ2n) is 7.10. The maximum atomic E-state index is 13.9. The van der Waals surface area contributed by atoms with Gasteiger partial charge in [0, 0.05) is 19.6 Å². The number of aromatic nitrogens is 3. The Hall–Kier alpha value is -2.13. The van der Waals surface area contributed by atoms with Gasteiger partial charge in [0.1, 0.15) is 5.82 Å². The van der Waals surface area contributed by atoms with Crippen molar-refractivity contribution in [3.63, 3.8) is 0 Å². The molecule has 28 heavy (non-hydrogen) atoms. The third-order valence-corrected chi connectivity index (χ3v) is 5.36. The molecule has 2 aromatic rings. The second-order valence-corrected chi connectivity index (χ2v) is 8.40. The molecule has 1 aliphatic rings. The molecule has 1 aromatic carbocycles. The van der Waals surface area contributed by atoms with Crippen LogP contribution in [0, 0.1) is 11.7 Å². The SMILES string of the molecule is CC(C)CNC(=O)C(C)Sc1nnc(N2CCOCC2)n1-c1cccc(F)c1. The molecule has 1 N–H and O–H groups in total. The molecule has 1 saturated heterocycles. The van der Waals surface area contributed by atoms with Gasteiger partial charge in [-0.15, -0.1) is 10.2 Å². The monoisotopic (exact) mass is 407 g/mol. The summed E-state index contributed by atoms with van der Waals surface area (Å²) in [5, 5.41) is 11.8. The van der Waals surface area contributed by atoms with Crippen LogP contribution in [0.1, 0.15) is 20.8 Å². The van der Waals surface area contributed by atoms with Crippen molar-refractivity contribution in [3.8, 4) is 5.69 Å². The molecule has 1 aliphatic heterocycles. The Kier molecular flexibility index (Phi) is 6.90. The highest BCUT2D eigenvalue weighted by atomic mass is 32.2. The van der Waals surface area contributed by atoms with E-state index in [1.165, 1.54) is 23.9 Å². The first-order chi connectivity index (χ1) is 13.5. The number of nitrogens with zero attached hydrogens (tertiary/aromatic N) is 4. The summed E-state index contributed by atoms with van der Waals surface area (Å²) in [5.74, 6) is 0.620. The van der Waals surface area contributed by atoms with Gasteiger partial charge >= 0.3 is 0 Å². The van der Waals surface area contributed by atoms with E-state index in [0.29, 0.717) is 55.6 Å². The van der Waals surface area contributed by atoms with Crippen molar-refractivity contribution < 1.29 is 13.9 Å². The molecule has 1 aromatic heterocycles. The first-order valence-corrected chi connectivity index (χ1v) is 10.3. The average molecular weight is 408 g/mol. The van der Waals surface area contributed by atoms with Gasteiger partial charge in [0.25, 0.3) is 0 Å². The Morgan fingerprint density at radius 1 is 1.29 bits per heavy atom. The molecule has 0 radical (unpaired) electrons. The van der Waals surface area contributed by atoms with Crippen molar-refractivity contribution >= 4 is 23.6 Å². The number of nitrogens with one attached hydrogen (secondary N) is 1. The third-order valence-electron chi connectivity index (χ3n) is 4.31. The fourth-order valence-electron chi connectivity index (χ4n) is 2.81. The molecule has 1 unspecified atom stereocenters. The molecular formula is C19H26FN5O2S. The lowest BCUT2D eigenvalue weighted by atomic mass is 10.2. The van der Waals surface area contributed by atoms with Crippen LogP contribution in [0.25, 0.3) is 5.69 Å². The predicted octanol–water partition coefficient (Wildman–Crippen LogP) is 2.50. The van der Waals surface area contributed by atoms with Crippen molar-refractivity contribution in [1.29, 1.82) is 0 Å². The normalized spacial score (nSPS) is 15.7. The second kappa shape index (κ2) is 9.38. The first kappa shape index (κ1) is 20.6. The van der Waals surface area contributed by atoms with Gasteiger partial charge in [-0.25, -0.2) is 4.39 Å². The standard InChI is InChI=1S/C19H26FN5O2S/c1-13(2)12-21-17(26)14(3)28-19-23-22-18(24-7-9-27-10-8-24)25(19)16-6-4-5-15(20)11-16/h4-6,11,13-14H,7-10,12H2,1-3H3,(H,21,26). The minimum absolute atomic E-state index is 0.0552. The molecular weight excluding hydrogens is 381 g/mol. The number of carbonyl (C=O) groups excluding carboxylic acids is 1. The van der Waals surface area contributed by atoms with Crippen LogP contribution in [0.5, 0.6) is 0 Å². The van der Waals surface area contributed by atoms with Crippen LogP contribution in [0.4, 0.5) is 10.3 Å². The van der Waals surface area contributed by atoms with Gasteiger partial charge in [-0.3, -0.25) is 9.36 Å². The fraction of sp³-hybridized carbons (Fsp3) is 0.526. The van der Waals surface area contributed by atoms with Gasteiger partial charge in [0.05, 0.1) is 24.2 Å². The quantitative estimate of drug-likeness (QED) is 0.711. The summed E-state index contributed by atoms with van der Waals surface area (Å²) in [4.78, 5) is 14.5. The highest BCUT2D eigenvalue weighted by molar-refractivity contribution is 8.00. The maximum absolute atomic E-state index is 13.9. The Labute approximate surface area is 168 Å². The van der Waals surface area contributed by atoms with E-state index in [4.69, 9.17) is 4.74 Å². The summed E-state index contributed by atoms with van der Waals surface area (Å²) in [5.41, 5.74) is 0.629. The number of rotatable bonds is 7. The lowest BCUT2D eigenvalue weighted by Crippen LogP contribution is -2.38. The van der Waals surface area contributed by atoms with Crippen LogP contribution in [0.2, 0.25) is 0 Å². The minimum Gasteiger partial charge on any atom is -0.378 e. The number of benzene rings is 1. The molecule has 152 valence electrons. The topological polar surface area (TPSA) is 72.3 Å². The highest BCUT2D eigenvalue weighted by Gasteiger charge is 2.25. The van der Waals surface area contributed by atoms with Gasteiger partial charge < -0.3 is 15.0 Å². The summed E-state index contributed by atoms with van der Waals surface area (Å²) >= 11 is 1.31. The number of thioether (sulfide) groups is 1. The van der Waals surface area contributed by atoms with Crippen LogP contribution < -0.4 is 10.2 Å². The van der Waals surface area contributed by atoms with Crippen LogP contribution in [-0.4, -0.2) is 58.8 Å². The van der Waals surface area contributed by atoms with E-state index in [9.17, 15) is 9.18 Å².